The summed E-state index contributed by atoms with van der Waals surface area (Å²) < 4.78 is 36.6. The molecule has 0 bridgehead atoms. The smallest absolute Gasteiger partial charge is 0.476 e. The van der Waals surface area contributed by atoms with E-state index in [-0.39, 0.29) is 25.9 Å². The van der Waals surface area contributed by atoms with Crippen LogP contribution in [0.1, 0.15) is 19.4 Å². The van der Waals surface area contributed by atoms with Crippen molar-refractivity contribution in [1.82, 2.24) is 14.5 Å². The number of methoxy groups -OCH3 is 1. The molecule has 236 valence electrons. The number of nitrogens with zero attached hydrogens (tertiary/aromatic N) is 5. The normalized spacial score (nSPS) is 11.8. The third-order valence-electron chi connectivity index (χ3n) is 6.86. The van der Waals surface area contributed by atoms with Crippen LogP contribution < -0.4 is 9.64 Å². The number of fused-ring (bicyclic) bond motifs is 1. The highest BCUT2D eigenvalue weighted by atomic mass is 31.2. The van der Waals surface area contributed by atoms with Crippen molar-refractivity contribution in [1.29, 1.82) is 5.26 Å². The second kappa shape index (κ2) is 15.1. The van der Waals surface area contributed by atoms with Crippen molar-refractivity contribution in [2.75, 3.05) is 52.9 Å². The van der Waals surface area contributed by atoms with Crippen LogP contribution in [0.2, 0.25) is 0 Å². The highest BCUT2D eigenvalue weighted by molar-refractivity contribution is 7.48. The maximum absolute atomic E-state index is 13.0. The topological polar surface area (TPSA) is 119 Å². The summed E-state index contributed by atoms with van der Waals surface area (Å²) in [5.41, 5.74) is 4.89. The molecule has 0 radical (unpaired) electrons. The summed E-state index contributed by atoms with van der Waals surface area (Å²) in [6.07, 6.45) is 6.92. The molecule has 0 atom stereocenters. The Hall–Kier alpha value is -4.30. The van der Waals surface area contributed by atoms with Crippen molar-refractivity contribution in [3.8, 4) is 34.1 Å². The lowest BCUT2D eigenvalue weighted by atomic mass is 10.0. The zero-order valence-corrected chi connectivity index (χ0v) is 27.3. The molecule has 2 aromatic heterocycles. The fraction of sp³-hybridized carbons (Fsp3) is 0.303. The van der Waals surface area contributed by atoms with Crippen molar-refractivity contribution in [3.63, 3.8) is 0 Å². The fourth-order valence-corrected chi connectivity index (χ4v) is 5.76. The van der Waals surface area contributed by atoms with Crippen LogP contribution in [-0.2, 0) is 29.7 Å². The molecule has 2 aromatic carbocycles. The number of benzene rings is 2. The first-order chi connectivity index (χ1) is 21.6. The Kier molecular flexibility index (Phi) is 11.3. The molecule has 0 aliphatic carbocycles. The van der Waals surface area contributed by atoms with Gasteiger partial charge in [0.25, 0.3) is 0 Å². The third-order valence-corrected chi connectivity index (χ3v) is 8.44. The van der Waals surface area contributed by atoms with E-state index < -0.39 is 7.82 Å². The largest absolute Gasteiger partial charge is 0.497 e. The minimum atomic E-state index is -3.79. The maximum atomic E-state index is 13.0. The van der Waals surface area contributed by atoms with E-state index in [0.717, 1.165) is 27.6 Å². The van der Waals surface area contributed by atoms with Gasteiger partial charge < -0.3 is 19.1 Å². The molecule has 0 spiro atoms. The number of likely N-dealkylation sites (N-methyl/N-ethyl adjacent to an activating group) is 2. The van der Waals surface area contributed by atoms with Gasteiger partial charge in [-0.25, -0.2) is 9.55 Å². The summed E-state index contributed by atoms with van der Waals surface area (Å²) in [6.45, 7) is 4.25. The van der Waals surface area contributed by atoms with E-state index >= 15 is 0 Å². The van der Waals surface area contributed by atoms with E-state index in [4.69, 9.17) is 23.3 Å². The van der Waals surface area contributed by atoms with Crippen molar-refractivity contribution in [2.24, 2.45) is 0 Å². The van der Waals surface area contributed by atoms with Crippen molar-refractivity contribution < 1.29 is 27.7 Å². The lowest BCUT2D eigenvalue weighted by Gasteiger charge is -2.18. The number of amides is 1. The van der Waals surface area contributed by atoms with Crippen molar-refractivity contribution >= 4 is 30.5 Å². The molecule has 2 heterocycles. The number of rotatable bonds is 14. The average Bonchev–Trinajstić information content (AvgIpc) is 3.41. The van der Waals surface area contributed by atoms with Crippen LogP contribution in [0.5, 0.6) is 5.75 Å². The molecule has 0 N–H and O–H groups in total. The Morgan fingerprint density at radius 2 is 1.78 bits per heavy atom. The second-order valence-corrected chi connectivity index (χ2v) is 12.0. The fourth-order valence-electron chi connectivity index (χ4n) is 4.64. The van der Waals surface area contributed by atoms with E-state index in [2.05, 4.69) is 6.07 Å². The van der Waals surface area contributed by atoms with Gasteiger partial charge in [0.1, 0.15) is 18.1 Å². The molecule has 0 aliphatic heterocycles. The van der Waals surface area contributed by atoms with Gasteiger partial charge in [0.2, 0.25) is 5.91 Å². The zero-order chi connectivity index (χ0) is 32.6. The Balaban J connectivity index is 1.80. The van der Waals surface area contributed by atoms with E-state index in [1.807, 2.05) is 61.6 Å². The van der Waals surface area contributed by atoms with Gasteiger partial charge in [-0.05, 0) is 69.4 Å². The summed E-state index contributed by atoms with van der Waals surface area (Å²) >= 11 is 0. The van der Waals surface area contributed by atoms with Crippen LogP contribution in [0.4, 0.5) is 5.69 Å². The number of pyridine rings is 1. The Morgan fingerprint density at radius 1 is 1.02 bits per heavy atom. The number of phosphoric acid groups is 1. The predicted octanol–water partition coefficient (Wildman–Crippen LogP) is 6.49. The van der Waals surface area contributed by atoms with Crippen LogP contribution in [0.3, 0.4) is 0 Å². The molecule has 4 rings (SSSR count). The zero-order valence-electron chi connectivity index (χ0n) is 26.4. The van der Waals surface area contributed by atoms with Gasteiger partial charge in [-0.1, -0.05) is 18.2 Å². The number of carbonyl (C=O) groups is 1. The molecule has 12 heteroatoms. The maximum Gasteiger partial charge on any atom is 0.476 e. The predicted molar refractivity (Wildman–Crippen MR) is 175 cm³/mol. The van der Waals surface area contributed by atoms with E-state index in [9.17, 15) is 14.6 Å². The molecular formula is C33H38N5O6P. The number of nitriles is 1. The van der Waals surface area contributed by atoms with Gasteiger partial charge in [-0.3, -0.25) is 18.4 Å². The molecule has 4 aromatic rings. The van der Waals surface area contributed by atoms with Crippen LogP contribution in [-0.4, -0.2) is 68.4 Å². The number of aromatic nitrogens is 2. The molecule has 11 nitrogen and oxygen atoms in total. The van der Waals surface area contributed by atoms with E-state index in [1.165, 1.54) is 0 Å². The first-order valence-corrected chi connectivity index (χ1v) is 15.9. The lowest BCUT2D eigenvalue weighted by molar-refractivity contribution is -0.113. The van der Waals surface area contributed by atoms with Crippen LogP contribution >= 0.6 is 7.82 Å². The summed E-state index contributed by atoms with van der Waals surface area (Å²) in [5, 5.41) is 10.3. The molecule has 0 saturated heterocycles. The number of anilines is 1. The van der Waals surface area contributed by atoms with Gasteiger partial charge in [-0.2, -0.15) is 5.26 Å². The summed E-state index contributed by atoms with van der Waals surface area (Å²) in [4.78, 5) is 21.2. The number of phosphoric ester groups is 1. The summed E-state index contributed by atoms with van der Waals surface area (Å²) in [6, 6.07) is 17.0. The van der Waals surface area contributed by atoms with Gasteiger partial charge in [-0.15, -0.1) is 0 Å². The molecule has 0 saturated carbocycles. The van der Waals surface area contributed by atoms with E-state index in [1.54, 1.807) is 67.9 Å². The Bertz CT molecular complexity index is 1770. The number of hydrogen-bond acceptors (Lipinski definition) is 9. The number of hydrogen-bond donors (Lipinski definition) is 0. The Morgan fingerprint density at radius 3 is 2.44 bits per heavy atom. The molecule has 45 heavy (non-hydrogen) atoms. The number of ether oxygens (including phenoxy) is 1. The SMILES string of the molecule is CCOP(=O)(OCC)OCn1cc(-c2cccc(C#N)c2)c2cc(-c3cc(OC)cc(N(C)C(=O)/C=C/CN(C)C)c3)cnc21. The van der Waals surface area contributed by atoms with Gasteiger partial charge >= 0.3 is 7.82 Å². The standard InChI is InChI=1S/C33H38N5O6P/c1-7-42-45(40,43-8-2)44-23-38-22-31(25-12-9-11-24(15-25)20-34)30-18-27(21-35-33(30)38)26-16-28(19-29(17-26)41-6)37(5)32(39)13-10-14-36(3)4/h9-13,15-19,21-22H,7-8,14,23H2,1-6H3/b13-10+. The number of carbonyl (C=O) groups excluding carboxylic acids is 1. The average molecular weight is 632 g/mol. The molecule has 0 fully saturated rings. The molecule has 1 amide bonds. The third kappa shape index (κ3) is 8.25. The van der Waals surface area contributed by atoms with Gasteiger partial charge in [0.05, 0.1) is 32.0 Å². The highest BCUT2D eigenvalue weighted by Gasteiger charge is 2.26. The van der Waals surface area contributed by atoms with Gasteiger partial charge in [0, 0.05) is 60.3 Å². The van der Waals surface area contributed by atoms with Crippen LogP contribution in [0, 0.1) is 11.3 Å². The first kappa shape index (κ1) is 33.6. The molecule has 0 unspecified atom stereocenters. The minimum Gasteiger partial charge on any atom is -0.497 e. The van der Waals surface area contributed by atoms with Crippen molar-refractivity contribution in [2.45, 2.75) is 20.6 Å². The lowest BCUT2D eigenvalue weighted by Crippen LogP contribution is -2.24. The highest BCUT2D eigenvalue weighted by Crippen LogP contribution is 2.50. The monoisotopic (exact) mass is 631 g/mol. The summed E-state index contributed by atoms with van der Waals surface area (Å²) in [7, 11) is 3.38. The molecular weight excluding hydrogens is 593 g/mol. The van der Waals surface area contributed by atoms with Crippen LogP contribution in [0.25, 0.3) is 33.3 Å². The quantitative estimate of drug-likeness (QED) is 0.114. The van der Waals surface area contributed by atoms with Gasteiger partial charge in [0.15, 0.2) is 0 Å². The molecule has 0 aliphatic rings. The minimum absolute atomic E-state index is 0.143. The second-order valence-electron chi connectivity index (χ2n) is 10.3. The summed E-state index contributed by atoms with van der Waals surface area (Å²) in [5.74, 6) is 0.410. The van der Waals surface area contributed by atoms with Crippen molar-refractivity contribution in [3.05, 3.63) is 78.6 Å². The van der Waals surface area contributed by atoms with Crippen LogP contribution in [0.15, 0.2) is 73.1 Å². The van der Waals surface area contributed by atoms with E-state index in [0.29, 0.717) is 29.2 Å². The first-order valence-electron chi connectivity index (χ1n) is 14.4. The Labute approximate surface area is 263 Å².